The number of thiophene rings is 1. The maximum absolute atomic E-state index is 12.2. The highest BCUT2D eigenvalue weighted by Gasteiger charge is 2.14. The van der Waals surface area contributed by atoms with Crippen LogP contribution in [0.25, 0.3) is 6.08 Å². The fourth-order valence-electron chi connectivity index (χ4n) is 2.53. The Morgan fingerprint density at radius 2 is 1.63 bits per heavy atom. The number of carbonyl (C=O) groups excluding carboxylic acids is 2. The van der Waals surface area contributed by atoms with Gasteiger partial charge < -0.3 is 18.9 Å². The number of ketones is 1. The molecule has 27 heavy (non-hydrogen) atoms. The van der Waals surface area contributed by atoms with Gasteiger partial charge in [-0.1, -0.05) is 0 Å². The molecular formula is C20H22O6S. The molecule has 0 radical (unpaired) electrons. The van der Waals surface area contributed by atoms with E-state index in [1.165, 1.54) is 38.7 Å². The van der Waals surface area contributed by atoms with Crippen molar-refractivity contribution in [1.29, 1.82) is 0 Å². The zero-order valence-electron chi connectivity index (χ0n) is 16.0. The van der Waals surface area contributed by atoms with Gasteiger partial charge in [0, 0.05) is 21.4 Å². The van der Waals surface area contributed by atoms with E-state index in [-0.39, 0.29) is 12.4 Å². The van der Waals surface area contributed by atoms with Crippen molar-refractivity contribution >= 4 is 29.2 Å². The second-order valence-electron chi connectivity index (χ2n) is 5.65. The summed E-state index contributed by atoms with van der Waals surface area (Å²) in [4.78, 5) is 26.0. The van der Waals surface area contributed by atoms with Crippen LogP contribution in [0.2, 0.25) is 0 Å². The lowest BCUT2D eigenvalue weighted by atomic mass is 10.1. The Morgan fingerprint density at radius 3 is 2.11 bits per heavy atom. The molecule has 0 amide bonds. The first-order valence-electron chi connectivity index (χ1n) is 8.14. The van der Waals surface area contributed by atoms with Gasteiger partial charge in [0.05, 0.1) is 21.3 Å². The Kier molecular flexibility index (Phi) is 7.01. The number of hydrogen-bond donors (Lipinski definition) is 0. The number of benzene rings is 1. The minimum absolute atomic E-state index is 0.216. The molecule has 1 heterocycles. The lowest BCUT2D eigenvalue weighted by Crippen LogP contribution is -2.12. The van der Waals surface area contributed by atoms with Crippen molar-refractivity contribution < 1.29 is 28.5 Å². The third-order valence-corrected chi connectivity index (χ3v) is 4.75. The molecule has 0 fully saturated rings. The lowest BCUT2D eigenvalue weighted by Gasteiger charge is -2.12. The van der Waals surface area contributed by atoms with Gasteiger partial charge in [0.2, 0.25) is 11.5 Å². The summed E-state index contributed by atoms with van der Waals surface area (Å²) >= 11 is 1.54. The van der Waals surface area contributed by atoms with Crippen molar-refractivity contribution in [3.05, 3.63) is 45.2 Å². The second kappa shape index (κ2) is 9.23. The molecule has 0 bridgehead atoms. The number of Topliss-reactive ketones (excluding diaryl/α,β-unsaturated/α-hetero) is 1. The van der Waals surface area contributed by atoms with Crippen LogP contribution in [0.1, 0.15) is 25.7 Å². The summed E-state index contributed by atoms with van der Waals surface area (Å²) in [5.74, 6) is 0.589. The minimum Gasteiger partial charge on any atom is -0.493 e. The van der Waals surface area contributed by atoms with Gasteiger partial charge in [0.1, 0.15) is 0 Å². The van der Waals surface area contributed by atoms with E-state index in [0.29, 0.717) is 28.4 Å². The average Bonchev–Trinajstić information content (AvgIpc) is 3.01. The molecule has 144 valence electrons. The van der Waals surface area contributed by atoms with Crippen LogP contribution in [0, 0.1) is 13.8 Å². The van der Waals surface area contributed by atoms with E-state index in [0.717, 1.165) is 9.75 Å². The summed E-state index contributed by atoms with van der Waals surface area (Å²) in [5.41, 5.74) is 1.26. The predicted octanol–water partition coefficient (Wildman–Crippen LogP) is 3.83. The second-order valence-corrected chi connectivity index (χ2v) is 7.11. The number of hydrogen-bond acceptors (Lipinski definition) is 7. The van der Waals surface area contributed by atoms with Crippen LogP contribution in [-0.4, -0.2) is 39.7 Å². The van der Waals surface area contributed by atoms with E-state index in [4.69, 9.17) is 18.9 Å². The van der Waals surface area contributed by atoms with E-state index >= 15 is 0 Å². The first-order valence-corrected chi connectivity index (χ1v) is 8.96. The van der Waals surface area contributed by atoms with Crippen LogP contribution >= 0.6 is 11.3 Å². The molecule has 0 aliphatic rings. The van der Waals surface area contributed by atoms with Gasteiger partial charge >= 0.3 is 5.97 Å². The molecule has 0 unspecified atom stereocenters. The molecule has 2 aromatic rings. The highest BCUT2D eigenvalue weighted by atomic mass is 32.1. The summed E-state index contributed by atoms with van der Waals surface area (Å²) in [6.07, 6.45) is 2.80. The van der Waals surface area contributed by atoms with Crippen LogP contribution in [0.4, 0.5) is 0 Å². The van der Waals surface area contributed by atoms with Crippen molar-refractivity contribution in [3.8, 4) is 17.2 Å². The van der Waals surface area contributed by atoms with Crippen LogP contribution in [0.3, 0.4) is 0 Å². The summed E-state index contributed by atoms with van der Waals surface area (Å²) < 4.78 is 20.8. The van der Waals surface area contributed by atoms with Gasteiger partial charge in [0.25, 0.3) is 0 Å². The molecular weight excluding hydrogens is 368 g/mol. The summed E-state index contributed by atoms with van der Waals surface area (Å²) in [5, 5.41) is 0. The number of esters is 1. The van der Waals surface area contributed by atoms with Gasteiger partial charge in [-0.05, 0) is 43.7 Å². The van der Waals surface area contributed by atoms with Crippen molar-refractivity contribution in [2.75, 3.05) is 27.9 Å². The van der Waals surface area contributed by atoms with E-state index in [1.54, 1.807) is 18.2 Å². The van der Waals surface area contributed by atoms with Crippen LogP contribution in [-0.2, 0) is 9.53 Å². The summed E-state index contributed by atoms with van der Waals surface area (Å²) in [6.45, 7) is 3.51. The monoisotopic (exact) mass is 390 g/mol. The quantitative estimate of drug-likeness (QED) is 0.388. The van der Waals surface area contributed by atoms with Crippen molar-refractivity contribution in [2.24, 2.45) is 0 Å². The Morgan fingerprint density at radius 1 is 1.00 bits per heavy atom. The van der Waals surface area contributed by atoms with Gasteiger partial charge in [-0.25, -0.2) is 4.79 Å². The van der Waals surface area contributed by atoms with Crippen LogP contribution in [0.5, 0.6) is 17.2 Å². The summed E-state index contributed by atoms with van der Waals surface area (Å²) in [7, 11) is 4.54. The topological polar surface area (TPSA) is 71.1 Å². The molecule has 0 atom stereocenters. The van der Waals surface area contributed by atoms with E-state index in [9.17, 15) is 9.59 Å². The molecule has 0 aliphatic heterocycles. The molecule has 0 spiro atoms. The largest absolute Gasteiger partial charge is 0.493 e. The fraction of sp³-hybridized carbons (Fsp3) is 0.300. The van der Waals surface area contributed by atoms with Crippen molar-refractivity contribution in [2.45, 2.75) is 13.8 Å². The molecule has 1 aromatic heterocycles. The average molecular weight is 390 g/mol. The van der Waals surface area contributed by atoms with Crippen molar-refractivity contribution in [3.63, 3.8) is 0 Å². The SMILES string of the molecule is COc1cc(/C=C/C(=O)OCC(=O)c2cc(C)sc2C)cc(OC)c1OC. The van der Waals surface area contributed by atoms with E-state index in [1.807, 2.05) is 19.9 Å². The third kappa shape index (κ3) is 5.10. The number of carbonyl (C=O) groups is 2. The Bertz CT molecular complexity index is 840. The first kappa shape index (κ1) is 20.5. The summed E-state index contributed by atoms with van der Waals surface area (Å²) in [6, 6.07) is 5.21. The smallest absolute Gasteiger partial charge is 0.331 e. The Hall–Kier alpha value is -2.80. The standard InChI is InChI=1S/C20H22O6S/c1-12-8-15(13(2)27-12)16(21)11-26-19(22)7-6-14-9-17(23-3)20(25-5)18(10-14)24-4/h6-10H,11H2,1-5H3/b7-6+. The van der Waals surface area contributed by atoms with Crippen molar-refractivity contribution in [1.82, 2.24) is 0 Å². The Labute approximate surface area is 162 Å². The first-order chi connectivity index (χ1) is 12.9. The molecule has 1 aromatic carbocycles. The number of aryl methyl sites for hydroxylation is 2. The number of ether oxygens (including phenoxy) is 4. The number of rotatable bonds is 8. The fourth-order valence-corrected chi connectivity index (χ4v) is 3.47. The maximum Gasteiger partial charge on any atom is 0.331 e. The predicted molar refractivity (Wildman–Crippen MR) is 104 cm³/mol. The van der Waals surface area contributed by atoms with Gasteiger partial charge in [-0.2, -0.15) is 0 Å². The molecule has 7 heteroatoms. The molecule has 0 saturated heterocycles. The highest BCUT2D eigenvalue weighted by molar-refractivity contribution is 7.12. The van der Waals surface area contributed by atoms with Gasteiger partial charge in [0.15, 0.2) is 18.1 Å². The minimum atomic E-state index is -0.610. The molecule has 0 aliphatic carbocycles. The molecule has 2 rings (SSSR count). The Balaban J connectivity index is 2.04. The molecule has 0 saturated carbocycles. The van der Waals surface area contributed by atoms with Crippen LogP contribution < -0.4 is 14.2 Å². The van der Waals surface area contributed by atoms with E-state index < -0.39 is 5.97 Å². The third-order valence-electron chi connectivity index (χ3n) is 3.79. The lowest BCUT2D eigenvalue weighted by molar-refractivity contribution is -0.136. The normalized spacial score (nSPS) is 10.7. The van der Waals surface area contributed by atoms with Gasteiger partial charge in [-0.3, -0.25) is 4.79 Å². The highest BCUT2D eigenvalue weighted by Crippen LogP contribution is 2.38. The zero-order valence-corrected chi connectivity index (χ0v) is 16.8. The maximum atomic E-state index is 12.2. The zero-order chi connectivity index (χ0) is 20.0. The molecule has 0 N–H and O–H groups in total. The number of methoxy groups -OCH3 is 3. The molecule has 6 nitrogen and oxygen atoms in total. The van der Waals surface area contributed by atoms with Gasteiger partial charge in [-0.15, -0.1) is 11.3 Å². The van der Waals surface area contributed by atoms with Crippen LogP contribution in [0.15, 0.2) is 24.3 Å². The van der Waals surface area contributed by atoms with E-state index in [2.05, 4.69) is 0 Å².